The number of hydrogen-bond donors (Lipinski definition) is 1. The first-order chi connectivity index (χ1) is 8.06. The lowest BCUT2D eigenvalue weighted by molar-refractivity contribution is 0.535. The Balaban J connectivity index is 2.73. The van der Waals surface area contributed by atoms with E-state index >= 15 is 0 Å². The van der Waals surface area contributed by atoms with Crippen molar-refractivity contribution >= 4 is 16.5 Å². The third kappa shape index (κ3) is 3.79. The molecule has 1 aromatic rings. The molecule has 1 rings (SSSR count). The van der Waals surface area contributed by atoms with Crippen LogP contribution in [0.25, 0.3) is 0 Å². The summed E-state index contributed by atoms with van der Waals surface area (Å²) in [5.41, 5.74) is 5.22. The SMILES string of the molecule is N#CCCCCS(=O)c1c(F)cc(N)cc1F. The molecule has 0 radical (unpaired) electrons. The quantitative estimate of drug-likeness (QED) is 0.651. The van der Waals surface area contributed by atoms with Gasteiger partial charge in [-0.25, -0.2) is 8.78 Å². The van der Waals surface area contributed by atoms with Crippen LogP contribution in [0.5, 0.6) is 0 Å². The first-order valence-corrected chi connectivity index (χ1v) is 6.38. The van der Waals surface area contributed by atoms with Gasteiger partial charge in [0.15, 0.2) is 0 Å². The Bertz CT molecular complexity index is 448. The van der Waals surface area contributed by atoms with Gasteiger partial charge in [0.2, 0.25) is 0 Å². The smallest absolute Gasteiger partial charge is 0.144 e. The molecule has 0 saturated carbocycles. The number of nitriles is 1. The molecule has 0 aromatic heterocycles. The zero-order valence-electron chi connectivity index (χ0n) is 9.08. The predicted octanol–water partition coefficient (Wildman–Crippen LogP) is 2.35. The van der Waals surface area contributed by atoms with Crippen molar-refractivity contribution in [3.63, 3.8) is 0 Å². The van der Waals surface area contributed by atoms with E-state index in [-0.39, 0.29) is 11.4 Å². The number of nitrogens with two attached hydrogens (primary N) is 1. The van der Waals surface area contributed by atoms with Gasteiger partial charge in [-0.3, -0.25) is 4.21 Å². The van der Waals surface area contributed by atoms with Gasteiger partial charge in [0, 0.05) is 17.9 Å². The number of nitrogen functional groups attached to an aromatic ring is 1. The van der Waals surface area contributed by atoms with Crippen LogP contribution in [-0.2, 0) is 10.8 Å². The van der Waals surface area contributed by atoms with Crippen molar-refractivity contribution in [3.8, 4) is 6.07 Å². The van der Waals surface area contributed by atoms with E-state index in [1.54, 1.807) is 0 Å². The minimum absolute atomic E-state index is 0.0368. The molecule has 1 aromatic carbocycles. The van der Waals surface area contributed by atoms with Crippen molar-refractivity contribution in [2.45, 2.75) is 24.2 Å². The highest BCUT2D eigenvalue weighted by Crippen LogP contribution is 2.21. The number of benzene rings is 1. The molecule has 92 valence electrons. The highest BCUT2D eigenvalue weighted by atomic mass is 32.2. The van der Waals surface area contributed by atoms with Gasteiger partial charge in [-0.05, 0) is 25.0 Å². The standard InChI is InChI=1S/C11H12F2N2OS/c12-9-6-8(15)7-10(13)11(9)17(16)5-3-1-2-4-14/h6-7H,1-3,5,15H2. The van der Waals surface area contributed by atoms with E-state index in [1.165, 1.54) is 0 Å². The van der Waals surface area contributed by atoms with Gasteiger partial charge in [-0.2, -0.15) is 5.26 Å². The fourth-order valence-electron chi connectivity index (χ4n) is 1.34. The lowest BCUT2D eigenvalue weighted by Crippen LogP contribution is -2.05. The van der Waals surface area contributed by atoms with Gasteiger partial charge >= 0.3 is 0 Å². The third-order valence-corrected chi connectivity index (χ3v) is 3.62. The summed E-state index contributed by atoms with van der Waals surface area (Å²) in [5.74, 6) is -1.64. The summed E-state index contributed by atoms with van der Waals surface area (Å²) in [7, 11) is -1.73. The molecule has 0 aliphatic heterocycles. The zero-order valence-corrected chi connectivity index (χ0v) is 9.90. The average molecular weight is 258 g/mol. The van der Waals surface area contributed by atoms with Crippen molar-refractivity contribution < 1.29 is 13.0 Å². The molecule has 0 amide bonds. The molecule has 6 heteroatoms. The molecule has 0 aliphatic carbocycles. The Morgan fingerprint density at radius 1 is 1.29 bits per heavy atom. The minimum Gasteiger partial charge on any atom is -0.399 e. The Labute approximate surface area is 101 Å². The van der Waals surface area contributed by atoms with Crippen LogP contribution in [0.1, 0.15) is 19.3 Å². The molecule has 0 fully saturated rings. The second-order valence-corrected chi connectivity index (χ2v) is 4.99. The molecule has 0 heterocycles. The molecule has 0 bridgehead atoms. The van der Waals surface area contributed by atoms with Crippen LogP contribution in [0, 0.1) is 23.0 Å². The van der Waals surface area contributed by atoms with Gasteiger partial charge in [-0.15, -0.1) is 0 Å². The molecule has 0 spiro atoms. The first kappa shape index (κ1) is 13.6. The van der Waals surface area contributed by atoms with Gasteiger partial charge in [-0.1, -0.05) is 0 Å². The molecule has 0 saturated heterocycles. The number of halogens is 2. The van der Waals surface area contributed by atoms with Crippen LogP contribution in [0.15, 0.2) is 17.0 Å². The summed E-state index contributed by atoms with van der Waals surface area (Å²) < 4.78 is 38.4. The molecule has 2 N–H and O–H groups in total. The number of hydrogen-bond acceptors (Lipinski definition) is 3. The van der Waals surface area contributed by atoms with Crippen LogP contribution >= 0.6 is 0 Å². The third-order valence-electron chi connectivity index (χ3n) is 2.12. The predicted molar refractivity (Wildman–Crippen MR) is 61.5 cm³/mol. The maximum absolute atomic E-state index is 13.4. The molecule has 17 heavy (non-hydrogen) atoms. The van der Waals surface area contributed by atoms with Crippen molar-refractivity contribution in [2.75, 3.05) is 11.5 Å². The maximum Gasteiger partial charge on any atom is 0.144 e. The van der Waals surface area contributed by atoms with Gasteiger partial charge in [0.25, 0.3) is 0 Å². The monoisotopic (exact) mass is 258 g/mol. The second-order valence-electron chi connectivity index (χ2n) is 3.48. The molecular formula is C11H12F2N2OS. The van der Waals surface area contributed by atoms with E-state index in [0.717, 1.165) is 12.1 Å². The minimum atomic E-state index is -1.73. The molecular weight excluding hydrogens is 246 g/mol. The van der Waals surface area contributed by atoms with Gasteiger partial charge in [0.05, 0.1) is 16.9 Å². The summed E-state index contributed by atoms with van der Waals surface area (Å²) in [6.07, 6.45) is 1.41. The Kier molecular flexibility index (Phi) is 5.04. The Morgan fingerprint density at radius 2 is 1.88 bits per heavy atom. The van der Waals surface area contributed by atoms with E-state index < -0.39 is 27.3 Å². The average Bonchev–Trinajstić information content (AvgIpc) is 2.23. The van der Waals surface area contributed by atoms with Crippen molar-refractivity contribution in [1.29, 1.82) is 5.26 Å². The summed E-state index contributed by atoms with van der Waals surface area (Å²) in [4.78, 5) is -0.434. The molecule has 3 nitrogen and oxygen atoms in total. The molecule has 0 aliphatic rings. The Hall–Kier alpha value is -1.48. The van der Waals surface area contributed by atoms with Crippen LogP contribution in [0.4, 0.5) is 14.5 Å². The number of anilines is 1. The largest absolute Gasteiger partial charge is 0.399 e. The van der Waals surface area contributed by atoms with Crippen molar-refractivity contribution in [1.82, 2.24) is 0 Å². The normalized spacial score (nSPS) is 12.1. The summed E-state index contributed by atoms with van der Waals surface area (Å²) >= 11 is 0. The number of unbranched alkanes of at least 4 members (excludes halogenated alkanes) is 2. The van der Waals surface area contributed by atoms with Crippen molar-refractivity contribution in [2.24, 2.45) is 0 Å². The van der Waals surface area contributed by atoms with E-state index in [1.807, 2.05) is 6.07 Å². The van der Waals surface area contributed by atoms with Gasteiger partial charge < -0.3 is 5.73 Å². The topological polar surface area (TPSA) is 66.9 Å². The summed E-state index contributed by atoms with van der Waals surface area (Å²) in [6.45, 7) is 0. The lowest BCUT2D eigenvalue weighted by atomic mass is 10.3. The fraction of sp³-hybridized carbons (Fsp3) is 0.364. The fourth-order valence-corrected chi connectivity index (χ4v) is 2.56. The highest BCUT2D eigenvalue weighted by Gasteiger charge is 2.16. The van der Waals surface area contributed by atoms with Crippen LogP contribution in [-0.4, -0.2) is 9.96 Å². The zero-order chi connectivity index (χ0) is 12.8. The molecule has 1 unspecified atom stereocenters. The second kappa shape index (κ2) is 6.30. The summed E-state index contributed by atoms with van der Waals surface area (Å²) in [5, 5.41) is 8.31. The highest BCUT2D eigenvalue weighted by molar-refractivity contribution is 7.85. The lowest BCUT2D eigenvalue weighted by Gasteiger charge is -2.05. The van der Waals surface area contributed by atoms with Crippen LogP contribution in [0.2, 0.25) is 0 Å². The molecule has 1 atom stereocenters. The maximum atomic E-state index is 13.4. The number of nitrogens with zero attached hydrogens (tertiary/aromatic N) is 1. The Morgan fingerprint density at radius 3 is 2.41 bits per heavy atom. The summed E-state index contributed by atoms with van der Waals surface area (Å²) in [6, 6.07) is 3.85. The van der Waals surface area contributed by atoms with Gasteiger partial charge in [0.1, 0.15) is 16.5 Å². The van der Waals surface area contributed by atoms with E-state index in [4.69, 9.17) is 11.0 Å². The van der Waals surface area contributed by atoms with E-state index in [9.17, 15) is 13.0 Å². The van der Waals surface area contributed by atoms with E-state index in [0.29, 0.717) is 19.3 Å². The van der Waals surface area contributed by atoms with E-state index in [2.05, 4.69) is 0 Å². The van der Waals surface area contributed by atoms with Crippen molar-refractivity contribution in [3.05, 3.63) is 23.8 Å². The van der Waals surface area contributed by atoms with Crippen LogP contribution < -0.4 is 5.73 Å². The first-order valence-electron chi connectivity index (χ1n) is 5.06. The van der Waals surface area contributed by atoms with Crippen LogP contribution in [0.3, 0.4) is 0 Å². The number of rotatable bonds is 5.